The summed E-state index contributed by atoms with van der Waals surface area (Å²) in [5, 5.41) is 3.42. The summed E-state index contributed by atoms with van der Waals surface area (Å²) in [6, 6.07) is 0. The van der Waals surface area contributed by atoms with Crippen molar-refractivity contribution in [2.24, 2.45) is 0 Å². The van der Waals surface area contributed by atoms with Crippen molar-refractivity contribution >= 4 is 11.3 Å². The maximum Gasteiger partial charge on any atom is 0.0955 e. The molecule has 0 spiro atoms. The third-order valence-electron chi connectivity index (χ3n) is 3.51. The molecule has 2 aromatic rings. The smallest absolute Gasteiger partial charge is 0.0955 e. The molecule has 0 amide bonds. The first-order valence-electron chi connectivity index (χ1n) is 6.71. The molecule has 2 aromatic heterocycles. The number of fused-ring (bicyclic) bond motifs is 1. The molecule has 0 unspecified atom stereocenters. The van der Waals surface area contributed by atoms with Gasteiger partial charge in [0.05, 0.1) is 29.3 Å². The molecule has 0 aliphatic heterocycles. The van der Waals surface area contributed by atoms with Crippen LogP contribution in [0, 0.1) is 0 Å². The van der Waals surface area contributed by atoms with Crippen LogP contribution in [0.1, 0.15) is 54.7 Å². The topological polar surface area (TPSA) is 30.7 Å². The molecule has 0 aromatic carbocycles. The predicted octanol–water partition coefficient (Wildman–Crippen LogP) is 3.39. The molecule has 3 nitrogen and oxygen atoms in total. The Bertz CT molecular complexity index is 539. The zero-order valence-corrected chi connectivity index (χ0v) is 11.8. The van der Waals surface area contributed by atoms with Crippen LogP contribution in [0.4, 0.5) is 0 Å². The molecule has 3 rings (SSSR count). The van der Waals surface area contributed by atoms with Crippen molar-refractivity contribution in [1.29, 1.82) is 0 Å². The second-order valence-electron chi connectivity index (χ2n) is 5.30. The summed E-state index contributed by atoms with van der Waals surface area (Å²) in [5.41, 5.74) is 3.91. The minimum Gasteiger partial charge on any atom is -0.328 e. The molecule has 0 saturated heterocycles. The number of nitrogens with zero attached hydrogens (tertiary/aromatic N) is 3. The van der Waals surface area contributed by atoms with Crippen LogP contribution in [0.3, 0.4) is 0 Å². The third kappa shape index (κ3) is 2.21. The second kappa shape index (κ2) is 4.84. The van der Waals surface area contributed by atoms with Crippen molar-refractivity contribution in [1.82, 2.24) is 14.5 Å². The van der Waals surface area contributed by atoms with Gasteiger partial charge in [0.15, 0.2) is 0 Å². The van der Waals surface area contributed by atoms with E-state index in [0.29, 0.717) is 5.92 Å². The van der Waals surface area contributed by atoms with Gasteiger partial charge in [-0.2, -0.15) is 0 Å². The lowest BCUT2D eigenvalue weighted by molar-refractivity contribution is 0.625. The Balaban J connectivity index is 1.81. The highest BCUT2D eigenvalue weighted by Gasteiger charge is 2.16. The van der Waals surface area contributed by atoms with Gasteiger partial charge >= 0.3 is 0 Å². The van der Waals surface area contributed by atoms with Crippen LogP contribution in [0.5, 0.6) is 0 Å². The number of hydrogen-bond donors (Lipinski definition) is 0. The molecule has 96 valence electrons. The highest BCUT2D eigenvalue weighted by Crippen LogP contribution is 2.23. The molecule has 1 aliphatic carbocycles. The van der Waals surface area contributed by atoms with Crippen molar-refractivity contribution in [2.45, 2.75) is 52.0 Å². The van der Waals surface area contributed by atoms with Crippen LogP contribution < -0.4 is 0 Å². The quantitative estimate of drug-likeness (QED) is 0.848. The van der Waals surface area contributed by atoms with Gasteiger partial charge in [0.2, 0.25) is 0 Å². The normalized spacial score (nSPS) is 15.1. The average molecular weight is 261 g/mol. The molecule has 18 heavy (non-hydrogen) atoms. The first-order valence-corrected chi connectivity index (χ1v) is 7.59. The Morgan fingerprint density at radius 2 is 2.17 bits per heavy atom. The number of aryl methyl sites for hydroxylation is 1. The van der Waals surface area contributed by atoms with E-state index in [1.165, 1.54) is 41.4 Å². The SMILES string of the molecule is CC(C)c1nc(Cn2cnc3c2CCCC3)cs1. The summed E-state index contributed by atoms with van der Waals surface area (Å²) in [6.07, 6.45) is 6.91. The Morgan fingerprint density at radius 3 is 2.94 bits per heavy atom. The van der Waals surface area contributed by atoms with Crippen molar-refractivity contribution in [3.05, 3.63) is 33.8 Å². The standard InChI is InChI=1S/C14H19N3S/c1-10(2)14-16-11(8-18-14)7-17-9-15-12-5-3-4-6-13(12)17/h8-10H,3-7H2,1-2H3. The van der Waals surface area contributed by atoms with Gasteiger partial charge in [-0.05, 0) is 25.7 Å². The fraction of sp³-hybridized carbons (Fsp3) is 0.571. The van der Waals surface area contributed by atoms with Crippen molar-refractivity contribution in [3.8, 4) is 0 Å². The number of thiazole rings is 1. The van der Waals surface area contributed by atoms with Gasteiger partial charge in [0.1, 0.15) is 0 Å². The van der Waals surface area contributed by atoms with Crippen LogP contribution in [-0.4, -0.2) is 14.5 Å². The van der Waals surface area contributed by atoms with Crippen molar-refractivity contribution in [3.63, 3.8) is 0 Å². The van der Waals surface area contributed by atoms with E-state index in [1.807, 2.05) is 6.33 Å². The van der Waals surface area contributed by atoms with Gasteiger partial charge in [0, 0.05) is 17.0 Å². The van der Waals surface area contributed by atoms with Gasteiger partial charge < -0.3 is 4.57 Å². The maximum absolute atomic E-state index is 4.70. The van der Waals surface area contributed by atoms with E-state index in [0.717, 1.165) is 13.0 Å². The van der Waals surface area contributed by atoms with Gasteiger partial charge in [-0.3, -0.25) is 0 Å². The number of imidazole rings is 1. The van der Waals surface area contributed by atoms with Gasteiger partial charge in [-0.1, -0.05) is 13.8 Å². The molecule has 2 heterocycles. The lowest BCUT2D eigenvalue weighted by Gasteiger charge is -2.13. The van der Waals surface area contributed by atoms with Gasteiger partial charge in [0.25, 0.3) is 0 Å². The van der Waals surface area contributed by atoms with E-state index in [4.69, 9.17) is 4.98 Å². The van der Waals surface area contributed by atoms with Crippen LogP contribution in [-0.2, 0) is 19.4 Å². The zero-order valence-electron chi connectivity index (χ0n) is 11.0. The van der Waals surface area contributed by atoms with E-state index in [-0.39, 0.29) is 0 Å². The first-order chi connectivity index (χ1) is 8.74. The van der Waals surface area contributed by atoms with E-state index in [2.05, 4.69) is 28.8 Å². The van der Waals surface area contributed by atoms with Crippen LogP contribution in [0.25, 0.3) is 0 Å². The Hall–Kier alpha value is -1.16. The number of aromatic nitrogens is 3. The Kier molecular flexibility index (Phi) is 3.20. The molecule has 1 aliphatic rings. The summed E-state index contributed by atoms with van der Waals surface area (Å²) >= 11 is 1.77. The van der Waals surface area contributed by atoms with E-state index in [1.54, 1.807) is 11.3 Å². The Morgan fingerprint density at radius 1 is 1.33 bits per heavy atom. The van der Waals surface area contributed by atoms with Crippen LogP contribution in [0.15, 0.2) is 11.7 Å². The average Bonchev–Trinajstić information content (AvgIpc) is 2.98. The van der Waals surface area contributed by atoms with Crippen molar-refractivity contribution in [2.75, 3.05) is 0 Å². The molecule has 0 radical (unpaired) electrons. The van der Waals surface area contributed by atoms with Gasteiger partial charge in [-0.25, -0.2) is 9.97 Å². The molecule has 0 N–H and O–H groups in total. The molecule has 4 heteroatoms. The molecule has 0 bridgehead atoms. The summed E-state index contributed by atoms with van der Waals surface area (Å²) in [5.74, 6) is 0.528. The van der Waals surface area contributed by atoms with Crippen LogP contribution >= 0.6 is 11.3 Å². The lowest BCUT2D eigenvalue weighted by atomic mass is 10.0. The van der Waals surface area contributed by atoms with E-state index < -0.39 is 0 Å². The zero-order chi connectivity index (χ0) is 12.5. The first kappa shape index (κ1) is 11.9. The highest BCUT2D eigenvalue weighted by atomic mass is 32.1. The Labute approximate surface area is 112 Å². The fourth-order valence-corrected chi connectivity index (χ4v) is 3.33. The predicted molar refractivity (Wildman–Crippen MR) is 74.2 cm³/mol. The monoisotopic (exact) mass is 261 g/mol. The van der Waals surface area contributed by atoms with Gasteiger partial charge in [-0.15, -0.1) is 11.3 Å². The molecular formula is C14H19N3S. The second-order valence-corrected chi connectivity index (χ2v) is 6.19. The molecule has 0 fully saturated rings. The van der Waals surface area contributed by atoms with E-state index >= 15 is 0 Å². The summed E-state index contributed by atoms with van der Waals surface area (Å²) < 4.78 is 2.29. The lowest BCUT2D eigenvalue weighted by Crippen LogP contribution is -2.09. The molecular weight excluding hydrogens is 242 g/mol. The van der Waals surface area contributed by atoms with Crippen molar-refractivity contribution < 1.29 is 0 Å². The number of rotatable bonds is 3. The highest BCUT2D eigenvalue weighted by molar-refractivity contribution is 7.09. The van der Waals surface area contributed by atoms with Crippen LogP contribution in [0.2, 0.25) is 0 Å². The van der Waals surface area contributed by atoms with E-state index in [9.17, 15) is 0 Å². The maximum atomic E-state index is 4.70. The summed E-state index contributed by atoms with van der Waals surface area (Å²) in [4.78, 5) is 9.24. The number of hydrogen-bond acceptors (Lipinski definition) is 3. The molecule has 0 saturated carbocycles. The minimum absolute atomic E-state index is 0.528. The summed E-state index contributed by atoms with van der Waals surface area (Å²) in [6.45, 7) is 5.27. The fourth-order valence-electron chi connectivity index (χ4n) is 2.50. The largest absolute Gasteiger partial charge is 0.328 e. The summed E-state index contributed by atoms with van der Waals surface area (Å²) in [7, 11) is 0. The molecule has 0 atom stereocenters. The minimum atomic E-state index is 0.528. The third-order valence-corrected chi connectivity index (χ3v) is 4.70.